The molecule has 0 aliphatic carbocycles. The molecule has 0 radical (unpaired) electrons. The van der Waals surface area contributed by atoms with Gasteiger partial charge in [0.05, 0.1) is 0 Å². The molecule has 1 amide bonds. The lowest BCUT2D eigenvalue weighted by Gasteiger charge is -2.24. The van der Waals surface area contributed by atoms with E-state index in [1.807, 2.05) is 13.8 Å². The second-order valence-electron chi connectivity index (χ2n) is 5.21. The van der Waals surface area contributed by atoms with Crippen LogP contribution in [0.1, 0.15) is 51.7 Å². The molecule has 1 aromatic rings. The van der Waals surface area contributed by atoms with Gasteiger partial charge in [0.2, 0.25) is 11.8 Å². The molecular weight excluding hydrogens is 262 g/mol. The van der Waals surface area contributed by atoms with E-state index in [1.165, 1.54) is 4.90 Å². The van der Waals surface area contributed by atoms with E-state index < -0.39 is 5.97 Å². The SMILES string of the molecule is CC(C)c1noc(CCC(=O)N(CC(=O)O)C(C)C)n1. The van der Waals surface area contributed by atoms with Gasteiger partial charge < -0.3 is 14.5 Å². The van der Waals surface area contributed by atoms with Gasteiger partial charge in [-0.15, -0.1) is 0 Å². The van der Waals surface area contributed by atoms with Gasteiger partial charge in [0.1, 0.15) is 6.54 Å². The maximum atomic E-state index is 12.0. The Bertz CT molecular complexity index is 468. The van der Waals surface area contributed by atoms with E-state index in [1.54, 1.807) is 13.8 Å². The highest BCUT2D eigenvalue weighted by molar-refractivity contribution is 5.81. The minimum atomic E-state index is -1.02. The first-order valence-electron chi connectivity index (χ1n) is 6.65. The van der Waals surface area contributed by atoms with E-state index in [9.17, 15) is 9.59 Å². The lowest BCUT2D eigenvalue weighted by Crippen LogP contribution is -2.40. The molecule has 0 aromatic carbocycles. The Balaban J connectivity index is 2.57. The standard InChI is InChI=1S/C13H21N3O4/c1-8(2)13-14-10(20-15-13)5-6-11(17)16(9(3)4)7-12(18)19/h8-9H,5-7H2,1-4H3,(H,18,19). The number of aliphatic carboxylic acids is 1. The number of hydrogen-bond acceptors (Lipinski definition) is 5. The van der Waals surface area contributed by atoms with Crippen molar-refractivity contribution in [2.45, 2.75) is 52.5 Å². The van der Waals surface area contributed by atoms with E-state index in [0.29, 0.717) is 18.1 Å². The van der Waals surface area contributed by atoms with Gasteiger partial charge in [-0.3, -0.25) is 9.59 Å². The van der Waals surface area contributed by atoms with Crippen molar-refractivity contribution in [1.82, 2.24) is 15.0 Å². The molecular formula is C13H21N3O4. The van der Waals surface area contributed by atoms with Crippen LogP contribution in [-0.2, 0) is 16.0 Å². The van der Waals surface area contributed by atoms with Crippen LogP contribution >= 0.6 is 0 Å². The van der Waals surface area contributed by atoms with E-state index in [4.69, 9.17) is 9.63 Å². The van der Waals surface area contributed by atoms with Gasteiger partial charge in [0.15, 0.2) is 5.82 Å². The van der Waals surface area contributed by atoms with Gasteiger partial charge >= 0.3 is 5.97 Å². The van der Waals surface area contributed by atoms with Crippen LogP contribution in [0.5, 0.6) is 0 Å². The molecule has 0 saturated carbocycles. The number of carbonyl (C=O) groups excluding carboxylic acids is 1. The van der Waals surface area contributed by atoms with Crippen LogP contribution in [0.25, 0.3) is 0 Å². The number of aromatic nitrogens is 2. The van der Waals surface area contributed by atoms with Crippen molar-refractivity contribution in [1.29, 1.82) is 0 Å². The summed E-state index contributed by atoms with van der Waals surface area (Å²) in [4.78, 5) is 28.2. The van der Waals surface area contributed by atoms with Crippen molar-refractivity contribution in [3.8, 4) is 0 Å². The third kappa shape index (κ3) is 4.64. The number of carboxylic acid groups (broad SMARTS) is 1. The average Bonchev–Trinajstić information content (AvgIpc) is 2.81. The number of rotatable bonds is 7. The molecule has 1 N–H and O–H groups in total. The molecule has 112 valence electrons. The molecule has 0 spiro atoms. The zero-order valence-electron chi connectivity index (χ0n) is 12.3. The highest BCUT2D eigenvalue weighted by Gasteiger charge is 2.20. The largest absolute Gasteiger partial charge is 0.480 e. The molecule has 7 nitrogen and oxygen atoms in total. The van der Waals surface area contributed by atoms with Crippen LogP contribution in [0, 0.1) is 0 Å². The third-order valence-electron chi connectivity index (χ3n) is 2.80. The van der Waals surface area contributed by atoms with Crippen LogP contribution in [0.2, 0.25) is 0 Å². The van der Waals surface area contributed by atoms with E-state index >= 15 is 0 Å². The number of carboxylic acids is 1. The first-order valence-corrected chi connectivity index (χ1v) is 6.65. The third-order valence-corrected chi connectivity index (χ3v) is 2.80. The topological polar surface area (TPSA) is 96.5 Å². The van der Waals surface area contributed by atoms with E-state index in [-0.39, 0.29) is 30.8 Å². The number of aryl methyl sites for hydroxylation is 1. The Kier molecular flexibility index (Phi) is 5.66. The van der Waals surface area contributed by atoms with Crippen LogP contribution in [0.3, 0.4) is 0 Å². The normalized spacial score (nSPS) is 11.1. The average molecular weight is 283 g/mol. The monoisotopic (exact) mass is 283 g/mol. The van der Waals surface area contributed by atoms with E-state index in [2.05, 4.69) is 10.1 Å². The van der Waals surface area contributed by atoms with Crippen molar-refractivity contribution >= 4 is 11.9 Å². The predicted octanol–water partition coefficient (Wildman–Crippen LogP) is 1.45. The summed E-state index contributed by atoms with van der Waals surface area (Å²) >= 11 is 0. The fourth-order valence-electron chi connectivity index (χ4n) is 1.67. The Labute approximate surface area is 118 Å². The summed E-state index contributed by atoms with van der Waals surface area (Å²) in [7, 11) is 0. The van der Waals surface area contributed by atoms with Crippen LogP contribution in [0.4, 0.5) is 0 Å². The summed E-state index contributed by atoms with van der Waals surface area (Å²) in [6.45, 7) is 7.17. The molecule has 1 heterocycles. The first kappa shape index (κ1) is 16.1. The molecule has 0 unspecified atom stereocenters. The highest BCUT2D eigenvalue weighted by Crippen LogP contribution is 2.11. The van der Waals surface area contributed by atoms with Crippen molar-refractivity contribution in [2.24, 2.45) is 0 Å². The Hall–Kier alpha value is -1.92. The Morgan fingerprint density at radius 2 is 1.95 bits per heavy atom. The molecule has 1 rings (SSSR count). The van der Waals surface area contributed by atoms with Crippen LogP contribution in [0.15, 0.2) is 4.52 Å². The van der Waals surface area contributed by atoms with Crippen molar-refractivity contribution in [2.75, 3.05) is 6.54 Å². The van der Waals surface area contributed by atoms with Gasteiger partial charge in [-0.25, -0.2) is 0 Å². The van der Waals surface area contributed by atoms with Gasteiger partial charge in [-0.2, -0.15) is 4.98 Å². The quantitative estimate of drug-likeness (QED) is 0.813. The second-order valence-corrected chi connectivity index (χ2v) is 5.21. The molecule has 0 fully saturated rings. The van der Waals surface area contributed by atoms with Gasteiger partial charge in [0.25, 0.3) is 0 Å². The predicted molar refractivity (Wildman–Crippen MR) is 71.2 cm³/mol. The summed E-state index contributed by atoms with van der Waals surface area (Å²) in [5, 5.41) is 12.6. The first-order chi connectivity index (χ1) is 9.31. The van der Waals surface area contributed by atoms with E-state index in [0.717, 1.165) is 0 Å². The van der Waals surface area contributed by atoms with Gasteiger partial charge in [-0.1, -0.05) is 19.0 Å². The maximum absolute atomic E-state index is 12.0. The van der Waals surface area contributed by atoms with Crippen molar-refractivity contribution < 1.29 is 19.2 Å². The number of hydrogen-bond donors (Lipinski definition) is 1. The molecule has 0 aliphatic heterocycles. The fraction of sp³-hybridized carbons (Fsp3) is 0.692. The zero-order chi connectivity index (χ0) is 15.3. The number of carbonyl (C=O) groups is 2. The van der Waals surface area contributed by atoms with Crippen LogP contribution in [-0.4, -0.2) is 44.6 Å². The lowest BCUT2D eigenvalue weighted by atomic mass is 10.2. The molecule has 20 heavy (non-hydrogen) atoms. The summed E-state index contributed by atoms with van der Waals surface area (Å²) in [5.74, 6) is -0.0687. The second kappa shape index (κ2) is 7.02. The van der Waals surface area contributed by atoms with Crippen molar-refractivity contribution in [3.63, 3.8) is 0 Å². The molecule has 7 heteroatoms. The van der Waals surface area contributed by atoms with Crippen molar-refractivity contribution in [3.05, 3.63) is 11.7 Å². The molecule has 1 aromatic heterocycles. The minimum Gasteiger partial charge on any atom is -0.480 e. The molecule has 0 atom stereocenters. The Morgan fingerprint density at radius 3 is 2.40 bits per heavy atom. The number of nitrogens with zero attached hydrogens (tertiary/aromatic N) is 3. The molecule has 0 saturated heterocycles. The van der Waals surface area contributed by atoms with Crippen LogP contribution < -0.4 is 0 Å². The fourth-order valence-corrected chi connectivity index (χ4v) is 1.67. The summed E-state index contributed by atoms with van der Waals surface area (Å²) in [5.41, 5.74) is 0. The summed E-state index contributed by atoms with van der Waals surface area (Å²) in [6, 6.07) is -0.160. The Morgan fingerprint density at radius 1 is 1.30 bits per heavy atom. The molecule has 0 aliphatic rings. The summed E-state index contributed by atoms with van der Waals surface area (Å²) in [6.07, 6.45) is 0.479. The summed E-state index contributed by atoms with van der Waals surface area (Å²) < 4.78 is 5.05. The smallest absolute Gasteiger partial charge is 0.323 e. The number of amides is 1. The maximum Gasteiger partial charge on any atom is 0.323 e. The molecule has 0 bridgehead atoms. The van der Waals surface area contributed by atoms with Gasteiger partial charge in [0, 0.05) is 24.8 Å². The highest BCUT2D eigenvalue weighted by atomic mass is 16.5. The van der Waals surface area contributed by atoms with Gasteiger partial charge in [-0.05, 0) is 13.8 Å². The zero-order valence-corrected chi connectivity index (χ0v) is 12.3. The lowest BCUT2D eigenvalue weighted by molar-refractivity contribution is -0.145. The minimum absolute atomic E-state index is 0.158.